The van der Waals surface area contributed by atoms with E-state index >= 15 is 0 Å². The van der Waals surface area contributed by atoms with Crippen molar-refractivity contribution in [3.05, 3.63) is 58.1 Å². The number of anilines is 3. The van der Waals surface area contributed by atoms with Gasteiger partial charge in [-0.3, -0.25) is 10.1 Å². The Morgan fingerprint density at radius 2 is 1.95 bits per heavy atom. The van der Waals surface area contributed by atoms with Gasteiger partial charge in [0.05, 0.1) is 4.92 Å². The molecule has 0 fully saturated rings. The Labute approximate surface area is 124 Å². The molecule has 0 heterocycles. The van der Waals surface area contributed by atoms with Gasteiger partial charge < -0.3 is 10.2 Å². The van der Waals surface area contributed by atoms with Gasteiger partial charge in [0.25, 0.3) is 0 Å². The number of hydrogen-bond acceptors (Lipinski definition) is 4. The summed E-state index contributed by atoms with van der Waals surface area (Å²) in [5, 5.41) is 14.5. The predicted molar refractivity (Wildman–Crippen MR) is 86.5 cm³/mol. The molecule has 0 aliphatic carbocycles. The van der Waals surface area contributed by atoms with Gasteiger partial charge in [0.1, 0.15) is 11.4 Å². The summed E-state index contributed by atoms with van der Waals surface area (Å²) in [6.07, 6.45) is 0. The van der Waals surface area contributed by atoms with Crippen LogP contribution < -0.4 is 10.2 Å². The zero-order chi connectivity index (χ0) is 15.4. The molecule has 0 atom stereocenters. The third-order valence-corrected chi connectivity index (χ3v) is 3.31. The lowest BCUT2D eigenvalue weighted by Crippen LogP contribution is -2.13. The van der Waals surface area contributed by atoms with Crippen molar-refractivity contribution in [3.63, 3.8) is 0 Å². The molecular weight excluding hydrogens is 266 g/mol. The minimum atomic E-state index is -0.334. The van der Waals surface area contributed by atoms with E-state index in [9.17, 15) is 10.1 Å². The minimum Gasteiger partial charge on any atom is -0.380 e. The smallest absolute Gasteiger partial charge is 0.315 e. The molecule has 110 valence electrons. The maximum absolute atomic E-state index is 11.5. The zero-order valence-corrected chi connectivity index (χ0v) is 12.5. The monoisotopic (exact) mass is 285 g/mol. The number of benzene rings is 2. The number of aryl methyl sites for hydroxylation is 1. The fourth-order valence-electron chi connectivity index (χ4n) is 2.30. The maximum atomic E-state index is 11.5. The van der Waals surface area contributed by atoms with Crippen molar-refractivity contribution < 1.29 is 4.92 Å². The first-order valence-corrected chi connectivity index (χ1v) is 6.86. The molecule has 2 rings (SSSR count). The Kier molecular flexibility index (Phi) is 4.42. The molecule has 21 heavy (non-hydrogen) atoms. The van der Waals surface area contributed by atoms with Crippen LogP contribution in [0.4, 0.5) is 22.7 Å². The lowest BCUT2D eigenvalue weighted by atomic mass is 10.1. The van der Waals surface area contributed by atoms with Crippen LogP contribution in [0, 0.1) is 17.0 Å². The van der Waals surface area contributed by atoms with Gasteiger partial charge in [-0.2, -0.15) is 0 Å². The average molecular weight is 285 g/mol. The average Bonchev–Trinajstić information content (AvgIpc) is 2.46. The van der Waals surface area contributed by atoms with Gasteiger partial charge in [0, 0.05) is 19.3 Å². The van der Waals surface area contributed by atoms with Crippen LogP contribution in [0.5, 0.6) is 0 Å². The van der Waals surface area contributed by atoms with E-state index in [0.29, 0.717) is 17.9 Å². The van der Waals surface area contributed by atoms with Crippen LogP contribution in [-0.2, 0) is 0 Å². The van der Waals surface area contributed by atoms with Crippen LogP contribution in [0.1, 0.15) is 12.5 Å². The van der Waals surface area contributed by atoms with Crippen molar-refractivity contribution in [2.75, 3.05) is 23.8 Å². The fourth-order valence-corrected chi connectivity index (χ4v) is 2.30. The molecule has 2 aromatic rings. The summed E-state index contributed by atoms with van der Waals surface area (Å²) in [5.74, 6) is 0. The maximum Gasteiger partial charge on any atom is 0.315 e. The van der Waals surface area contributed by atoms with E-state index in [-0.39, 0.29) is 10.6 Å². The van der Waals surface area contributed by atoms with Gasteiger partial charge in [0.2, 0.25) is 0 Å². The van der Waals surface area contributed by atoms with Gasteiger partial charge >= 0.3 is 5.69 Å². The van der Waals surface area contributed by atoms with E-state index in [0.717, 1.165) is 11.3 Å². The second-order valence-electron chi connectivity index (χ2n) is 4.86. The van der Waals surface area contributed by atoms with Gasteiger partial charge in [-0.05, 0) is 43.7 Å². The van der Waals surface area contributed by atoms with Crippen molar-refractivity contribution in [3.8, 4) is 0 Å². The zero-order valence-electron chi connectivity index (χ0n) is 12.5. The second-order valence-corrected chi connectivity index (χ2v) is 4.86. The third kappa shape index (κ3) is 3.13. The van der Waals surface area contributed by atoms with Crippen LogP contribution in [0.25, 0.3) is 0 Å². The summed E-state index contributed by atoms with van der Waals surface area (Å²) in [6.45, 7) is 4.56. The van der Waals surface area contributed by atoms with E-state index < -0.39 is 0 Å². The molecule has 0 saturated carbocycles. The van der Waals surface area contributed by atoms with Gasteiger partial charge in [-0.1, -0.05) is 18.2 Å². The highest BCUT2D eigenvalue weighted by Crippen LogP contribution is 2.38. The van der Waals surface area contributed by atoms with Crippen LogP contribution in [-0.4, -0.2) is 18.5 Å². The standard InChI is InChI=1S/C16H19N3O2/c1-4-17-14-9-6-10-15(16(14)19(20)21)18(3)13-8-5-7-12(2)11-13/h5-11,17H,4H2,1-3H3. The van der Waals surface area contributed by atoms with Crippen molar-refractivity contribution in [1.82, 2.24) is 0 Å². The Bertz CT molecular complexity index is 656. The summed E-state index contributed by atoms with van der Waals surface area (Å²) in [5.41, 5.74) is 3.25. The summed E-state index contributed by atoms with van der Waals surface area (Å²) in [7, 11) is 1.84. The lowest BCUT2D eigenvalue weighted by molar-refractivity contribution is -0.383. The van der Waals surface area contributed by atoms with Crippen LogP contribution in [0.3, 0.4) is 0 Å². The first-order chi connectivity index (χ1) is 10.0. The summed E-state index contributed by atoms with van der Waals surface area (Å²) in [6, 6.07) is 13.2. The molecule has 5 heteroatoms. The first kappa shape index (κ1) is 14.8. The number of hydrogen-bond donors (Lipinski definition) is 1. The van der Waals surface area contributed by atoms with Crippen molar-refractivity contribution >= 4 is 22.7 Å². The van der Waals surface area contributed by atoms with Crippen LogP contribution >= 0.6 is 0 Å². The fraction of sp³-hybridized carbons (Fsp3) is 0.250. The molecule has 0 radical (unpaired) electrons. The van der Waals surface area contributed by atoms with Crippen LogP contribution in [0.15, 0.2) is 42.5 Å². The van der Waals surface area contributed by atoms with E-state index in [1.807, 2.05) is 56.1 Å². The number of rotatable bonds is 5. The molecular formula is C16H19N3O2. The number of nitro groups is 1. The summed E-state index contributed by atoms with van der Waals surface area (Å²) in [4.78, 5) is 13.0. The summed E-state index contributed by atoms with van der Waals surface area (Å²) < 4.78 is 0. The molecule has 1 N–H and O–H groups in total. The molecule has 0 aliphatic heterocycles. The van der Waals surface area contributed by atoms with Gasteiger partial charge in [-0.25, -0.2) is 0 Å². The quantitative estimate of drug-likeness (QED) is 0.663. The topological polar surface area (TPSA) is 58.4 Å². The molecule has 0 unspecified atom stereocenters. The number of nitrogens with one attached hydrogen (secondary N) is 1. The Morgan fingerprint density at radius 1 is 1.24 bits per heavy atom. The highest BCUT2D eigenvalue weighted by atomic mass is 16.6. The molecule has 0 spiro atoms. The summed E-state index contributed by atoms with van der Waals surface area (Å²) >= 11 is 0. The highest BCUT2D eigenvalue weighted by molar-refractivity contribution is 5.80. The Morgan fingerprint density at radius 3 is 2.57 bits per heavy atom. The third-order valence-electron chi connectivity index (χ3n) is 3.31. The number of nitro benzene ring substituents is 1. The van der Waals surface area contributed by atoms with Gasteiger partial charge in [0.15, 0.2) is 0 Å². The Balaban J connectivity index is 2.52. The van der Waals surface area contributed by atoms with Crippen molar-refractivity contribution in [2.45, 2.75) is 13.8 Å². The Hall–Kier alpha value is -2.56. The van der Waals surface area contributed by atoms with E-state index in [1.165, 1.54) is 0 Å². The highest BCUT2D eigenvalue weighted by Gasteiger charge is 2.22. The normalized spacial score (nSPS) is 10.2. The van der Waals surface area contributed by atoms with E-state index in [4.69, 9.17) is 0 Å². The number of nitrogens with zero attached hydrogens (tertiary/aromatic N) is 2. The van der Waals surface area contributed by atoms with E-state index in [2.05, 4.69) is 5.32 Å². The SMILES string of the molecule is CCNc1cccc(N(C)c2cccc(C)c2)c1[N+](=O)[O-]. The number of para-hydroxylation sites is 1. The lowest BCUT2D eigenvalue weighted by Gasteiger charge is -2.21. The molecule has 0 amide bonds. The molecule has 2 aromatic carbocycles. The second kappa shape index (κ2) is 6.26. The predicted octanol–water partition coefficient (Wildman–Crippen LogP) is 4.10. The molecule has 0 bridgehead atoms. The molecule has 0 aliphatic rings. The molecule has 0 saturated heterocycles. The van der Waals surface area contributed by atoms with Crippen LogP contribution in [0.2, 0.25) is 0 Å². The largest absolute Gasteiger partial charge is 0.380 e. The molecule has 5 nitrogen and oxygen atoms in total. The first-order valence-electron chi connectivity index (χ1n) is 6.86. The van der Waals surface area contributed by atoms with Crippen molar-refractivity contribution in [1.29, 1.82) is 0 Å². The van der Waals surface area contributed by atoms with Gasteiger partial charge in [-0.15, -0.1) is 0 Å². The molecule has 0 aromatic heterocycles. The minimum absolute atomic E-state index is 0.100. The van der Waals surface area contributed by atoms with E-state index in [1.54, 1.807) is 12.1 Å². The van der Waals surface area contributed by atoms with Crippen molar-refractivity contribution in [2.24, 2.45) is 0 Å².